The van der Waals surface area contributed by atoms with Crippen LogP contribution in [0.15, 0.2) is 48.8 Å². The van der Waals surface area contributed by atoms with Gasteiger partial charge in [0.25, 0.3) is 5.91 Å². The first-order valence-corrected chi connectivity index (χ1v) is 13.4. The number of carbonyl (C=O) groups excluding carboxylic acids is 3. The van der Waals surface area contributed by atoms with Crippen LogP contribution in [0, 0.1) is 11.7 Å². The number of aromatic nitrogens is 2. The molecule has 7 rings (SSSR count). The average molecular weight is 548 g/mol. The summed E-state index contributed by atoms with van der Waals surface area (Å²) in [4.78, 5) is 43.0. The molecule has 40 heavy (non-hydrogen) atoms. The minimum absolute atomic E-state index is 0.106. The van der Waals surface area contributed by atoms with Gasteiger partial charge in [-0.1, -0.05) is 12.1 Å². The lowest BCUT2D eigenvalue weighted by Gasteiger charge is -2.30. The highest BCUT2D eigenvalue weighted by atomic mass is 19.1. The van der Waals surface area contributed by atoms with Crippen LogP contribution >= 0.6 is 0 Å². The number of fused-ring (bicyclic) bond motifs is 3. The average Bonchev–Trinajstić information content (AvgIpc) is 3.60. The highest BCUT2D eigenvalue weighted by Crippen LogP contribution is 2.49. The molecule has 4 amide bonds. The summed E-state index contributed by atoms with van der Waals surface area (Å²) in [6.45, 7) is -0.149. The molecule has 9 nitrogen and oxygen atoms in total. The van der Waals surface area contributed by atoms with Crippen LogP contribution in [0.1, 0.15) is 42.1 Å². The quantitative estimate of drug-likeness (QED) is 0.504. The number of nitrogens with one attached hydrogen (secondary N) is 1. The first kappa shape index (κ1) is 24.7. The molecule has 1 saturated heterocycles. The summed E-state index contributed by atoms with van der Waals surface area (Å²) < 4.78 is 37.0. The van der Waals surface area contributed by atoms with E-state index in [2.05, 4.69) is 10.4 Å². The number of hydrogen-bond donors (Lipinski definition) is 1. The second-order valence-electron chi connectivity index (χ2n) is 11.1. The van der Waals surface area contributed by atoms with Crippen LogP contribution in [-0.2, 0) is 28.7 Å². The summed E-state index contributed by atoms with van der Waals surface area (Å²) in [7, 11) is 1.79. The van der Waals surface area contributed by atoms with Crippen LogP contribution < -0.4 is 10.1 Å². The molecule has 2 aliphatic heterocycles. The Morgan fingerprint density at radius 2 is 2.00 bits per heavy atom. The molecule has 11 heteroatoms. The number of hydrogen-bond acceptors (Lipinski definition) is 5. The maximum absolute atomic E-state index is 15.4. The van der Waals surface area contributed by atoms with Crippen molar-refractivity contribution in [1.82, 2.24) is 24.9 Å². The van der Waals surface area contributed by atoms with Crippen molar-refractivity contribution in [3.8, 4) is 16.9 Å². The number of alkyl halides is 1. The zero-order chi connectivity index (χ0) is 27.8. The lowest BCUT2D eigenvalue weighted by atomic mass is 9.90. The fourth-order valence-electron chi connectivity index (χ4n) is 6.29. The molecular weight excluding hydrogens is 520 g/mol. The van der Waals surface area contributed by atoms with Gasteiger partial charge in [-0.2, -0.15) is 5.10 Å². The van der Waals surface area contributed by atoms with E-state index in [1.165, 1.54) is 12.1 Å². The Balaban J connectivity index is 1.16. The van der Waals surface area contributed by atoms with Crippen LogP contribution in [0.5, 0.6) is 5.75 Å². The topological polar surface area (TPSA) is 96.8 Å². The molecule has 0 bridgehead atoms. The Hall–Kier alpha value is -4.28. The number of ether oxygens (including phenoxy) is 1. The van der Waals surface area contributed by atoms with Crippen LogP contribution in [0.25, 0.3) is 11.1 Å². The normalized spacial score (nSPS) is 25.5. The van der Waals surface area contributed by atoms with Crippen molar-refractivity contribution in [2.24, 2.45) is 13.0 Å². The Morgan fingerprint density at radius 1 is 1.18 bits per heavy atom. The molecule has 1 saturated carbocycles. The minimum Gasteiger partial charge on any atom is -0.491 e. The van der Waals surface area contributed by atoms with E-state index in [1.54, 1.807) is 47.1 Å². The lowest BCUT2D eigenvalue weighted by Crippen LogP contribution is -2.49. The Labute approximate surface area is 228 Å². The number of imide groups is 1. The van der Waals surface area contributed by atoms with Gasteiger partial charge in [0.1, 0.15) is 36.4 Å². The van der Waals surface area contributed by atoms with Gasteiger partial charge in [-0.15, -0.1) is 0 Å². The Kier molecular flexibility index (Phi) is 5.48. The summed E-state index contributed by atoms with van der Waals surface area (Å²) in [5.41, 5.74) is 1.24. The molecular formula is C29H27F2N5O4. The molecule has 1 N–H and O–H groups in total. The number of rotatable bonds is 4. The van der Waals surface area contributed by atoms with Crippen molar-refractivity contribution in [2.45, 2.75) is 43.6 Å². The first-order valence-electron chi connectivity index (χ1n) is 13.4. The number of amides is 4. The summed E-state index contributed by atoms with van der Waals surface area (Å²) >= 11 is 0. The van der Waals surface area contributed by atoms with Crippen molar-refractivity contribution in [3.05, 3.63) is 71.3 Å². The van der Waals surface area contributed by atoms with Crippen molar-refractivity contribution in [2.75, 3.05) is 13.2 Å². The fourth-order valence-corrected chi connectivity index (χ4v) is 6.29. The summed E-state index contributed by atoms with van der Waals surface area (Å²) in [5, 5.41) is 6.87. The van der Waals surface area contributed by atoms with Gasteiger partial charge in [0.05, 0.1) is 12.2 Å². The zero-order valence-electron chi connectivity index (χ0n) is 21.8. The summed E-state index contributed by atoms with van der Waals surface area (Å²) in [6.07, 6.45) is 3.63. The highest BCUT2D eigenvalue weighted by Gasteiger charge is 2.58. The molecule has 2 unspecified atom stereocenters. The van der Waals surface area contributed by atoms with Gasteiger partial charge in [-0.05, 0) is 59.7 Å². The maximum Gasteiger partial charge on any atom is 0.325 e. The maximum atomic E-state index is 15.4. The van der Waals surface area contributed by atoms with Crippen LogP contribution in [0.4, 0.5) is 13.6 Å². The van der Waals surface area contributed by atoms with Crippen molar-refractivity contribution >= 4 is 17.8 Å². The zero-order valence-corrected chi connectivity index (χ0v) is 21.8. The predicted octanol–water partition coefficient (Wildman–Crippen LogP) is 3.59. The molecule has 1 aromatic heterocycles. The van der Waals surface area contributed by atoms with Crippen LogP contribution in [0.3, 0.4) is 0 Å². The molecule has 2 aliphatic carbocycles. The highest BCUT2D eigenvalue weighted by molar-refractivity contribution is 6.10. The summed E-state index contributed by atoms with van der Waals surface area (Å²) in [6, 6.07) is 8.33. The Morgan fingerprint density at radius 3 is 2.75 bits per heavy atom. The van der Waals surface area contributed by atoms with E-state index in [-0.39, 0.29) is 31.5 Å². The SMILES string of the molecule is Cn1cc(-c2ccc3c(c2)C(F)C[C@@]32NC(=O)N(CC(=O)N3Cc4cc(F)ccc4OCC3C3CC3)C2=O)cn1. The standard InChI is InChI=1S/C29H27F2N5O4/c1-34-12-19(11-32-34)17-4-6-22-21(9-17)23(31)10-29(22)27(38)36(28(39)33-29)14-26(37)35-13-18-8-20(30)5-7-25(18)40-15-24(35)16-2-3-16/h4-9,11-12,16,23-24H,2-3,10,13-15H2,1H3,(H,33,39)/t23?,24?,29-/m1/s1. The van der Waals surface area contributed by atoms with Gasteiger partial charge in [0.2, 0.25) is 5.91 Å². The largest absolute Gasteiger partial charge is 0.491 e. The van der Waals surface area contributed by atoms with E-state index in [4.69, 9.17) is 4.74 Å². The molecule has 0 radical (unpaired) electrons. The second-order valence-corrected chi connectivity index (χ2v) is 11.1. The number of urea groups is 1. The third-order valence-electron chi connectivity index (χ3n) is 8.50. The first-order chi connectivity index (χ1) is 19.2. The third kappa shape index (κ3) is 3.86. The van der Waals surface area contributed by atoms with E-state index in [9.17, 15) is 18.8 Å². The predicted molar refractivity (Wildman–Crippen MR) is 138 cm³/mol. The molecule has 4 aliphatic rings. The van der Waals surface area contributed by atoms with Gasteiger partial charge in [-0.3, -0.25) is 19.2 Å². The molecule has 206 valence electrons. The number of halogens is 2. The van der Waals surface area contributed by atoms with E-state index in [0.717, 1.165) is 28.9 Å². The fraction of sp³-hybridized carbons (Fsp3) is 0.379. The number of benzene rings is 2. The van der Waals surface area contributed by atoms with Gasteiger partial charge in [-0.25, -0.2) is 13.6 Å². The van der Waals surface area contributed by atoms with Gasteiger partial charge in [0.15, 0.2) is 0 Å². The lowest BCUT2D eigenvalue weighted by molar-refractivity contribution is -0.141. The van der Waals surface area contributed by atoms with Gasteiger partial charge < -0.3 is 15.0 Å². The Bertz CT molecular complexity index is 1570. The molecule has 3 heterocycles. The smallest absolute Gasteiger partial charge is 0.325 e. The van der Waals surface area contributed by atoms with Crippen molar-refractivity contribution in [3.63, 3.8) is 0 Å². The van der Waals surface area contributed by atoms with E-state index in [0.29, 0.717) is 22.4 Å². The number of aryl methyl sites for hydroxylation is 1. The van der Waals surface area contributed by atoms with E-state index in [1.807, 2.05) is 6.20 Å². The monoisotopic (exact) mass is 547 g/mol. The van der Waals surface area contributed by atoms with Gasteiger partial charge in [0, 0.05) is 37.3 Å². The van der Waals surface area contributed by atoms with E-state index >= 15 is 4.39 Å². The second kappa shape index (κ2) is 8.87. The van der Waals surface area contributed by atoms with Crippen LogP contribution in [-0.4, -0.2) is 56.6 Å². The van der Waals surface area contributed by atoms with Crippen LogP contribution in [0.2, 0.25) is 0 Å². The van der Waals surface area contributed by atoms with Crippen molar-refractivity contribution < 1.29 is 27.9 Å². The third-order valence-corrected chi connectivity index (χ3v) is 8.50. The molecule has 2 aromatic carbocycles. The molecule has 3 atom stereocenters. The van der Waals surface area contributed by atoms with E-state index < -0.39 is 41.9 Å². The number of nitrogens with zero attached hydrogens (tertiary/aromatic N) is 4. The van der Waals surface area contributed by atoms with Gasteiger partial charge >= 0.3 is 6.03 Å². The van der Waals surface area contributed by atoms with Crippen molar-refractivity contribution in [1.29, 1.82) is 0 Å². The molecule has 2 fully saturated rings. The minimum atomic E-state index is -1.58. The number of carbonyl (C=O) groups is 3. The summed E-state index contributed by atoms with van der Waals surface area (Å²) in [5.74, 6) is -0.788. The molecule has 1 spiro atoms. The molecule has 3 aromatic rings.